The van der Waals surface area contributed by atoms with Crippen molar-refractivity contribution in [2.75, 3.05) is 36.0 Å². The van der Waals surface area contributed by atoms with E-state index in [4.69, 9.17) is 16.6 Å². The van der Waals surface area contributed by atoms with E-state index in [1.807, 2.05) is 47.0 Å². The minimum atomic E-state index is 0.672. The number of rotatable bonds is 2. The highest BCUT2D eigenvalue weighted by molar-refractivity contribution is 6.31. The smallest absolute Gasteiger partial charge is 0.204 e. The zero-order valence-corrected chi connectivity index (χ0v) is 14.7. The number of benzene rings is 1. The Morgan fingerprint density at radius 3 is 2.62 bits per heavy atom. The molecule has 7 nitrogen and oxygen atoms in total. The van der Waals surface area contributed by atoms with Crippen molar-refractivity contribution >= 4 is 39.9 Å². The standard InChI is InChI=1S/C18H16ClN7/c19-13-4-5-14-15(11-13)26-12-21-23-18(26)17(22-14)25-9-7-24(8-10-25)16-3-1-2-6-20-16/h1-6,11-12H,7-10H2. The van der Waals surface area contributed by atoms with E-state index in [2.05, 4.69) is 25.0 Å². The molecule has 1 aliphatic heterocycles. The van der Waals surface area contributed by atoms with E-state index in [-0.39, 0.29) is 0 Å². The second-order valence-corrected chi connectivity index (χ2v) is 6.69. The van der Waals surface area contributed by atoms with Crippen LogP contribution in [0.2, 0.25) is 5.02 Å². The lowest BCUT2D eigenvalue weighted by atomic mass is 10.2. The largest absolute Gasteiger partial charge is 0.353 e. The summed E-state index contributed by atoms with van der Waals surface area (Å²) in [5, 5.41) is 9.04. The minimum Gasteiger partial charge on any atom is -0.353 e. The van der Waals surface area contributed by atoms with Crippen LogP contribution in [0.4, 0.5) is 11.6 Å². The van der Waals surface area contributed by atoms with Crippen LogP contribution >= 0.6 is 11.6 Å². The predicted octanol–water partition coefficient (Wildman–Crippen LogP) is 2.65. The Balaban J connectivity index is 1.49. The van der Waals surface area contributed by atoms with Gasteiger partial charge in [-0.15, -0.1) is 10.2 Å². The van der Waals surface area contributed by atoms with Crippen molar-refractivity contribution in [1.82, 2.24) is 24.6 Å². The van der Waals surface area contributed by atoms with E-state index >= 15 is 0 Å². The van der Waals surface area contributed by atoms with Crippen LogP contribution in [0.15, 0.2) is 48.9 Å². The van der Waals surface area contributed by atoms with Crippen molar-refractivity contribution in [1.29, 1.82) is 0 Å². The molecule has 4 aromatic rings. The average Bonchev–Trinajstić information content (AvgIpc) is 3.19. The quantitative estimate of drug-likeness (QED) is 0.544. The summed E-state index contributed by atoms with van der Waals surface area (Å²) in [6.07, 6.45) is 3.54. The van der Waals surface area contributed by atoms with Gasteiger partial charge in [0.2, 0.25) is 5.65 Å². The van der Waals surface area contributed by atoms with E-state index in [1.165, 1.54) is 0 Å². The number of anilines is 2. The number of hydrogen-bond donors (Lipinski definition) is 0. The molecule has 130 valence electrons. The number of pyridine rings is 1. The molecule has 4 heterocycles. The van der Waals surface area contributed by atoms with Crippen molar-refractivity contribution in [3.05, 3.63) is 53.9 Å². The van der Waals surface area contributed by atoms with E-state index in [9.17, 15) is 0 Å². The van der Waals surface area contributed by atoms with Crippen LogP contribution in [0.5, 0.6) is 0 Å². The molecule has 0 aliphatic carbocycles. The normalized spacial score (nSPS) is 15.1. The van der Waals surface area contributed by atoms with Gasteiger partial charge in [0.25, 0.3) is 0 Å². The van der Waals surface area contributed by atoms with Crippen molar-refractivity contribution in [2.24, 2.45) is 0 Å². The summed E-state index contributed by atoms with van der Waals surface area (Å²) >= 11 is 6.15. The van der Waals surface area contributed by atoms with Crippen molar-refractivity contribution < 1.29 is 0 Å². The highest BCUT2D eigenvalue weighted by Crippen LogP contribution is 2.26. The molecule has 0 radical (unpaired) electrons. The third kappa shape index (κ3) is 2.52. The summed E-state index contributed by atoms with van der Waals surface area (Å²) in [4.78, 5) is 13.8. The zero-order chi connectivity index (χ0) is 17.5. The Hall–Kier alpha value is -2.93. The molecule has 8 heteroatoms. The highest BCUT2D eigenvalue weighted by atomic mass is 35.5. The molecule has 3 aromatic heterocycles. The van der Waals surface area contributed by atoms with Crippen LogP contribution in [0.1, 0.15) is 0 Å². The lowest BCUT2D eigenvalue weighted by Crippen LogP contribution is -2.47. The molecule has 0 unspecified atom stereocenters. The average molecular weight is 366 g/mol. The monoisotopic (exact) mass is 365 g/mol. The van der Waals surface area contributed by atoms with E-state index in [1.54, 1.807) is 6.33 Å². The summed E-state index contributed by atoms with van der Waals surface area (Å²) in [6.45, 7) is 3.48. The summed E-state index contributed by atoms with van der Waals surface area (Å²) in [6, 6.07) is 11.7. The predicted molar refractivity (Wildman–Crippen MR) is 102 cm³/mol. The molecule has 0 bridgehead atoms. The van der Waals surface area contributed by atoms with Crippen molar-refractivity contribution in [3.63, 3.8) is 0 Å². The Morgan fingerprint density at radius 2 is 1.81 bits per heavy atom. The fourth-order valence-corrected chi connectivity index (χ4v) is 3.58. The lowest BCUT2D eigenvalue weighted by Gasteiger charge is -2.36. The first-order valence-electron chi connectivity index (χ1n) is 8.49. The van der Waals surface area contributed by atoms with E-state index < -0.39 is 0 Å². The Morgan fingerprint density at radius 1 is 0.962 bits per heavy atom. The van der Waals surface area contributed by atoms with Gasteiger partial charge in [0, 0.05) is 37.4 Å². The van der Waals surface area contributed by atoms with Gasteiger partial charge in [0.15, 0.2) is 5.82 Å². The molecule has 0 spiro atoms. The van der Waals surface area contributed by atoms with Crippen LogP contribution in [-0.2, 0) is 0 Å². The topological polar surface area (TPSA) is 62.5 Å². The van der Waals surface area contributed by atoms with Crippen molar-refractivity contribution in [3.8, 4) is 0 Å². The number of fused-ring (bicyclic) bond motifs is 3. The molecule has 0 N–H and O–H groups in total. The summed E-state index contributed by atoms with van der Waals surface area (Å²) < 4.78 is 1.95. The van der Waals surface area contributed by atoms with Gasteiger partial charge in [-0.25, -0.2) is 9.97 Å². The number of aromatic nitrogens is 5. The molecule has 0 atom stereocenters. The fraction of sp³-hybridized carbons (Fsp3) is 0.222. The van der Waals surface area contributed by atoms with Crippen LogP contribution in [0.25, 0.3) is 16.7 Å². The highest BCUT2D eigenvalue weighted by Gasteiger charge is 2.22. The van der Waals surface area contributed by atoms with Gasteiger partial charge < -0.3 is 9.80 Å². The molecule has 1 aromatic carbocycles. The first-order valence-corrected chi connectivity index (χ1v) is 8.87. The third-order valence-corrected chi connectivity index (χ3v) is 4.96. The Kier molecular flexibility index (Phi) is 3.60. The van der Waals surface area contributed by atoms with Crippen LogP contribution in [0, 0.1) is 0 Å². The van der Waals surface area contributed by atoms with Gasteiger partial charge >= 0.3 is 0 Å². The van der Waals surface area contributed by atoms with E-state index in [0.29, 0.717) is 5.02 Å². The number of piperazine rings is 1. The fourth-order valence-electron chi connectivity index (χ4n) is 3.41. The molecule has 1 aliphatic rings. The van der Waals surface area contributed by atoms with Crippen LogP contribution < -0.4 is 9.80 Å². The van der Waals surface area contributed by atoms with Crippen LogP contribution in [-0.4, -0.2) is 50.7 Å². The van der Waals surface area contributed by atoms with Gasteiger partial charge in [-0.1, -0.05) is 17.7 Å². The molecular weight excluding hydrogens is 350 g/mol. The second-order valence-electron chi connectivity index (χ2n) is 6.26. The lowest BCUT2D eigenvalue weighted by molar-refractivity contribution is 0.643. The molecule has 26 heavy (non-hydrogen) atoms. The van der Waals surface area contributed by atoms with Crippen LogP contribution in [0.3, 0.4) is 0 Å². The van der Waals surface area contributed by atoms with Gasteiger partial charge in [0.1, 0.15) is 12.1 Å². The first-order chi connectivity index (χ1) is 12.8. The molecule has 1 fully saturated rings. The number of nitrogens with zero attached hydrogens (tertiary/aromatic N) is 7. The molecule has 5 rings (SSSR count). The third-order valence-electron chi connectivity index (χ3n) is 4.72. The molecule has 1 saturated heterocycles. The zero-order valence-electron chi connectivity index (χ0n) is 14.0. The second kappa shape index (κ2) is 6.10. The van der Waals surface area contributed by atoms with Crippen molar-refractivity contribution in [2.45, 2.75) is 0 Å². The summed E-state index contributed by atoms with van der Waals surface area (Å²) in [5.41, 5.74) is 2.54. The van der Waals surface area contributed by atoms with E-state index in [0.717, 1.165) is 54.5 Å². The Labute approximate surface area is 154 Å². The minimum absolute atomic E-state index is 0.672. The Bertz CT molecular complexity index is 1070. The summed E-state index contributed by atoms with van der Waals surface area (Å²) in [7, 11) is 0. The number of hydrogen-bond acceptors (Lipinski definition) is 6. The van der Waals surface area contributed by atoms with Gasteiger partial charge in [-0.05, 0) is 30.3 Å². The van der Waals surface area contributed by atoms with Gasteiger partial charge in [-0.3, -0.25) is 4.40 Å². The van der Waals surface area contributed by atoms with Gasteiger partial charge in [0.05, 0.1) is 11.0 Å². The SMILES string of the molecule is Clc1ccc2nc(N3CCN(c4ccccn4)CC3)c3nncn3c2c1. The maximum absolute atomic E-state index is 6.15. The molecular formula is C18H16ClN7. The molecule has 0 amide bonds. The maximum atomic E-state index is 6.15. The summed E-state index contributed by atoms with van der Waals surface area (Å²) in [5.74, 6) is 1.87. The first kappa shape index (κ1) is 15.3. The number of halogens is 1. The maximum Gasteiger partial charge on any atom is 0.204 e. The van der Waals surface area contributed by atoms with Gasteiger partial charge in [-0.2, -0.15) is 0 Å². The molecule has 0 saturated carbocycles.